The average Bonchev–Trinajstić information content (AvgIpc) is 2.98. The molecule has 0 unspecified atom stereocenters. The molecule has 1 aliphatic rings. The standard InChI is InChI=1S/C16H27F3N6O.HI/c1-3-20-15(21-5-4-6-25-7-9-26-10-8-25)22-11-13-12-24(2)23-14(13)16(17,18)19;/h12H,3-11H2,1-2H3,(H2,20,21,22);1H. The van der Waals surface area contributed by atoms with Crippen LogP contribution in [0.1, 0.15) is 24.6 Å². The van der Waals surface area contributed by atoms with Crippen LogP contribution in [0.2, 0.25) is 0 Å². The van der Waals surface area contributed by atoms with E-state index in [1.54, 1.807) is 0 Å². The Labute approximate surface area is 174 Å². The summed E-state index contributed by atoms with van der Waals surface area (Å²) in [5, 5.41) is 9.72. The molecule has 0 aromatic carbocycles. The lowest BCUT2D eigenvalue weighted by molar-refractivity contribution is -0.142. The van der Waals surface area contributed by atoms with Crippen LogP contribution in [0, 0.1) is 0 Å². The van der Waals surface area contributed by atoms with Crippen molar-refractivity contribution < 1.29 is 17.9 Å². The second kappa shape index (κ2) is 11.7. The second-order valence-corrected chi connectivity index (χ2v) is 6.10. The number of aromatic nitrogens is 2. The molecule has 0 bridgehead atoms. The van der Waals surface area contributed by atoms with Gasteiger partial charge in [0.05, 0.1) is 19.8 Å². The number of alkyl halides is 3. The molecule has 1 aromatic heterocycles. The van der Waals surface area contributed by atoms with Crippen molar-refractivity contribution >= 4 is 29.9 Å². The number of halogens is 4. The lowest BCUT2D eigenvalue weighted by Crippen LogP contribution is -2.40. The Hall–Kier alpha value is -1.08. The summed E-state index contributed by atoms with van der Waals surface area (Å²) in [7, 11) is 1.47. The summed E-state index contributed by atoms with van der Waals surface area (Å²) in [6.45, 7) is 7.53. The van der Waals surface area contributed by atoms with E-state index in [1.807, 2.05) is 6.92 Å². The summed E-state index contributed by atoms with van der Waals surface area (Å²) in [5.74, 6) is 0.506. The molecule has 0 radical (unpaired) electrons. The van der Waals surface area contributed by atoms with Crippen molar-refractivity contribution in [3.63, 3.8) is 0 Å². The Bertz CT molecular complexity index is 587. The zero-order chi connectivity index (χ0) is 19.0. The zero-order valence-corrected chi connectivity index (χ0v) is 18.0. The fourth-order valence-electron chi connectivity index (χ4n) is 2.73. The molecule has 2 N–H and O–H groups in total. The molecule has 1 saturated heterocycles. The molecule has 156 valence electrons. The third kappa shape index (κ3) is 8.21. The Morgan fingerprint density at radius 1 is 1.30 bits per heavy atom. The van der Waals surface area contributed by atoms with Crippen LogP contribution in [0.5, 0.6) is 0 Å². The minimum atomic E-state index is -4.48. The van der Waals surface area contributed by atoms with E-state index in [4.69, 9.17) is 4.74 Å². The zero-order valence-electron chi connectivity index (χ0n) is 15.7. The highest BCUT2D eigenvalue weighted by Crippen LogP contribution is 2.30. The molecule has 1 fully saturated rings. The first kappa shape index (κ1) is 24.0. The van der Waals surface area contributed by atoms with Gasteiger partial charge in [-0.1, -0.05) is 0 Å². The fourth-order valence-corrected chi connectivity index (χ4v) is 2.73. The van der Waals surface area contributed by atoms with Gasteiger partial charge in [-0.05, 0) is 19.9 Å². The number of nitrogens with one attached hydrogen (secondary N) is 2. The van der Waals surface area contributed by atoms with E-state index in [2.05, 4.69) is 25.6 Å². The smallest absolute Gasteiger partial charge is 0.379 e. The van der Waals surface area contributed by atoms with Gasteiger partial charge in [0, 0.05) is 45.0 Å². The van der Waals surface area contributed by atoms with Gasteiger partial charge < -0.3 is 15.4 Å². The Kier molecular flexibility index (Phi) is 10.4. The Morgan fingerprint density at radius 2 is 2.00 bits per heavy atom. The van der Waals surface area contributed by atoms with Crippen molar-refractivity contribution in [2.45, 2.75) is 26.1 Å². The van der Waals surface area contributed by atoms with Crippen LogP contribution in [0.3, 0.4) is 0 Å². The van der Waals surface area contributed by atoms with Crippen LogP contribution in [0.15, 0.2) is 11.2 Å². The predicted octanol–water partition coefficient (Wildman–Crippen LogP) is 1.83. The van der Waals surface area contributed by atoms with Gasteiger partial charge in [-0.2, -0.15) is 18.3 Å². The van der Waals surface area contributed by atoms with E-state index in [0.717, 1.165) is 44.0 Å². The molecule has 27 heavy (non-hydrogen) atoms. The Morgan fingerprint density at radius 3 is 2.63 bits per heavy atom. The molecular weight excluding hydrogens is 476 g/mol. The first-order valence-electron chi connectivity index (χ1n) is 8.82. The van der Waals surface area contributed by atoms with Crippen LogP contribution in [-0.4, -0.2) is 66.6 Å². The van der Waals surface area contributed by atoms with Gasteiger partial charge >= 0.3 is 6.18 Å². The molecule has 0 aliphatic carbocycles. The van der Waals surface area contributed by atoms with Crippen molar-refractivity contribution in [2.75, 3.05) is 45.9 Å². The van der Waals surface area contributed by atoms with Gasteiger partial charge in [0.1, 0.15) is 0 Å². The molecule has 0 amide bonds. The van der Waals surface area contributed by atoms with E-state index >= 15 is 0 Å². The maximum absolute atomic E-state index is 13.0. The number of rotatable bonds is 7. The van der Waals surface area contributed by atoms with Gasteiger partial charge in [0.2, 0.25) is 0 Å². The summed E-state index contributed by atoms with van der Waals surface area (Å²) in [6.07, 6.45) is -2.20. The van der Waals surface area contributed by atoms with Crippen molar-refractivity contribution in [3.8, 4) is 0 Å². The Balaban J connectivity index is 0.00000364. The van der Waals surface area contributed by atoms with Crippen molar-refractivity contribution in [3.05, 3.63) is 17.5 Å². The minimum absolute atomic E-state index is 0. The topological polar surface area (TPSA) is 66.7 Å². The highest BCUT2D eigenvalue weighted by Gasteiger charge is 2.36. The summed E-state index contributed by atoms with van der Waals surface area (Å²) in [6, 6.07) is 0. The van der Waals surface area contributed by atoms with Crippen LogP contribution in [-0.2, 0) is 24.5 Å². The number of hydrogen-bond acceptors (Lipinski definition) is 4. The molecule has 1 aromatic rings. The average molecular weight is 504 g/mol. The summed E-state index contributed by atoms with van der Waals surface area (Å²) in [5.41, 5.74) is -0.822. The van der Waals surface area contributed by atoms with Crippen LogP contribution in [0.4, 0.5) is 13.2 Å². The number of guanidine groups is 1. The first-order valence-corrected chi connectivity index (χ1v) is 8.82. The maximum atomic E-state index is 13.0. The van der Waals surface area contributed by atoms with E-state index in [-0.39, 0.29) is 36.1 Å². The number of morpholine rings is 1. The molecule has 0 saturated carbocycles. The molecule has 0 spiro atoms. The van der Waals surface area contributed by atoms with Gasteiger partial charge in [-0.15, -0.1) is 24.0 Å². The molecule has 2 heterocycles. The van der Waals surface area contributed by atoms with E-state index in [9.17, 15) is 13.2 Å². The summed E-state index contributed by atoms with van der Waals surface area (Å²) >= 11 is 0. The number of aliphatic imine (C=N–C) groups is 1. The summed E-state index contributed by atoms with van der Waals surface area (Å²) < 4.78 is 45.4. The number of hydrogen-bond donors (Lipinski definition) is 2. The third-order valence-corrected chi connectivity index (χ3v) is 3.97. The molecule has 2 rings (SSSR count). The number of aryl methyl sites for hydroxylation is 1. The van der Waals surface area contributed by atoms with Crippen LogP contribution >= 0.6 is 24.0 Å². The van der Waals surface area contributed by atoms with E-state index in [0.29, 0.717) is 19.0 Å². The lowest BCUT2D eigenvalue weighted by atomic mass is 10.2. The van der Waals surface area contributed by atoms with Crippen molar-refractivity contribution in [1.82, 2.24) is 25.3 Å². The first-order chi connectivity index (χ1) is 12.4. The van der Waals surface area contributed by atoms with Crippen molar-refractivity contribution in [1.29, 1.82) is 0 Å². The van der Waals surface area contributed by atoms with E-state index in [1.165, 1.54) is 13.2 Å². The SMILES string of the molecule is CCNC(=NCc1cn(C)nc1C(F)(F)F)NCCCN1CCOCC1.I. The largest absolute Gasteiger partial charge is 0.435 e. The van der Waals surface area contributed by atoms with Crippen LogP contribution in [0.25, 0.3) is 0 Å². The highest BCUT2D eigenvalue weighted by atomic mass is 127. The highest BCUT2D eigenvalue weighted by molar-refractivity contribution is 14.0. The number of nitrogens with zero attached hydrogens (tertiary/aromatic N) is 4. The normalized spacial score (nSPS) is 16.1. The summed E-state index contributed by atoms with van der Waals surface area (Å²) in [4.78, 5) is 6.60. The number of ether oxygens (including phenoxy) is 1. The second-order valence-electron chi connectivity index (χ2n) is 6.10. The maximum Gasteiger partial charge on any atom is 0.435 e. The van der Waals surface area contributed by atoms with E-state index < -0.39 is 11.9 Å². The van der Waals surface area contributed by atoms with Gasteiger partial charge in [-0.3, -0.25) is 9.58 Å². The van der Waals surface area contributed by atoms with Gasteiger partial charge in [0.15, 0.2) is 11.7 Å². The lowest BCUT2D eigenvalue weighted by Gasteiger charge is -2.26. The molecule has 7 nitrogen and oxygen atoms in total. The van der Waals surface area contributed by atoms with Gasteiger partial charge in [0.25, 0.3) is 0 Å². The van der Waals surface area contributed by atoms with Crippen molar-refractivity contribution in [2.24, 2.45) is 12.0 Å². The molecule has 11 heteroatoms. The predicted molar refractivity (Wildman–Crippen MR) is 108 cm³/mol. The molecular formula is C16H28F3IN6O. The monoisotopic (exact) mass is 504 g/mol. The fraction of sp³-hybridized carbons (Fsp3) is 0.750. The minimum Gasteiger partial charge on any atom is -0.379 e. The quantitative estimate of drug-likeness (QED) is 0.257. The van der Waals surface area contributed by atoms with Gasteiger partial charge in [-0.25, -0.2) is 4.99 Å². The molecule has 0 atom stereocenters. The van der Waals surface area contributed by atoms with Crippen LogP contribution < -0.4 is 10.6 Å². The third-order valence-electron chi connectivity index (χ3n) is 3.97. The molecule has 1 aliphatic heterocycles.